The molecule has 0 amide bonds. The van der Waals surface area contributed by atoms with Crippen molar-refractivity contribution in [2.45, 2.75) is 46.2 Å². The quantitative estimate of drug-likeness (QED) is 0.888. The van der Waals surface area contributed by atoms with Crippen molar-refractivity contribution >= 4 is 0 Å². The molecule has 0 bridgehead atoms. The normalized spacial score (nSPS) is 11.5. The van der Waals surface area contributed by atoms with Crippen molar-refractivity contribution in [1.29, 1.82) is 0 Å². The van der Waals surface area contributed by atoms with Crippen LogP contribution in [-0.2, 0) is 6.54 Å². The Bertz CT molecular complexity index is 526. The average molecular weight is 257 g/mol. The maximum absolute atomic E-state index is 4.65. The van der Waals surface area contributed by atoms with Crippen LogP contribution in [0.4, 0.5) is 0 Å². The van der Waals surface area contributed by atoms with Gasteiger partial charge in [-0.1, -0.05) is 45.9 Å². The second kappa shape index (κ2) is 6.02. The van der Waals surface area contributed by atoms with Crippen molar-refractivity contribution in [1.82, 2.24) is 15.1 Å². The summed E-state index contributed by atoms with van der Waals surface area (Å²) in [5, 5.41) is 8.04. The molecule has 0 aliphatic rings. The number of benzene rings is 1. The number of hydrogen-bond acceptors (Lipinski definition) is 2. The van der Waals surface area contributed by atoms with E-state index in [-0.39, 0.29) is 0 Å². The van der Waals surface area contributed by atoms with Crippen molar-refractivity contribution in [3.63, 3.8) is 0 Å². The number of para-hydroxylation sites is 1. The highest BCUT2D eigenvalue weighted by molar-refractivity contribution is 5.42. The molecule has 0 atom stereocenters. The molecule has 3 heteroatoms. The van der Waals surface area contributed by atoms with E-state index < -0.39 is 0 Å². The van der Waals surface area contributed by atoms with Gasteiger partial charge < -0.3 is 5.32 Å². The van der Waals surface area contributed by atoms with Gasteiger partial charge in [0.2, 0.25) is 0 Å². The smallest absolute Gasteiger partial charge is 0.0766 e. The highest BCUT2D eigenvalue weighted by Gasteiger charge is 2.09. The fourth-order valence-electron chi connectivity index (χ4n) is 2.08. The first-order chi connectivity index (χ1) is 9.08. The summed E-state index contributed by atoms with van der Waals surface area (Å²) in [6.07, 6.45) is 2.04. The van der Waals surface area contributed by atoms with Crippen LogP contribution in [-0.4, -0.2) is 15.8 Å². The highest BCUT2D eigenvalue weighted by Crippen LogP contribution is 2.22. The second-order valence-corrected chi connectivity index (χ2v) is 5.50. The Morgan fingerprint density at radius 2 is 1.84 bits per heavy atom. The van der Waals surface area contributed by atoms with Gasteiger partial charge >= 0.3 is 0 Å². The third-order valence-electron chi connectivity index (χ3n) is 3.14. The van der Waals surface area contributed by atoms with Crippen molar-refractivity contribution in [3.05, 3.63) is 47.8 Å². The molecule has 0 aliphatic heterocycles. The first-order valence-corrected chi connectivity index (χ1v) is 6.95. The zero-order valence-electron chi connectivity index (χ0n) is 12.2. The fourth-order valence-corrected chi connectivity index (χ4v) is 2.08. The molecule has 102 valence electrons. The molecule has 0 saturated heterocycles. The van der Waals surface area contributed by atoms with E-state index in [1.54, 1.807) is 0 Å². The van der Waals surface area contributed by atoms with Gasteiger partial charge in [0.1, 0.15) is 0 Å². The minimum atomic E-state index is 0.480. The predicted molar refractivity (Wildman–Crippen MR) is 79.6 cm³/mol. The average Bonchev–Trinajstić information content (AvgIpc) is 2.85. The second-order valence-electron chi connectivity index (χ2n) is 5.50. The van der Waals surface area contributed by atoms with E-state index in [2.05, 4.69) is 68.4 Å². The van der Waals surface area contributed by atoms with E-state index in [1.165, 1.54) is 11.3 Å². The number of aromatic nitrogens is 2. The first-order valence-electron chi connectivity index (χ1n) is 6.95. The molecule has 3 nitrogen and oxygen atoms in total. The lowest BCUT2D eigenvalue weighted by Crippen LogP contribution is -2.22. The topological polar surface area (TPSA) is 29.9 Å². The largest absolute Gasteiger partial charge is 0.309 e. The SMILES string of the molecule is CC(C)NCc1ccn(-c2ccccc2C(C)C)n1. The van der Waals surface area contributed by atoms with E-state index >= 15 is 0 Å². The molecule has 0 saturated carbocycles. The third kappa shape index (κ3) is 3.44. The van der Waals surface area contributed by atoms with Crippen LogP contribution in [0, 0.1) is 0 Å². The summed E-state index contributed by atoms with van der Waals surface area (Å²) in [7, 11) is 0. The van der Waals surface area contributed by atoms with Gasteiger partial charge in [0.05, 0.1) is 11.4 Å². The standard InChI is InChI=1S/C16H23N3/c1-12(2)15-7-5-6-8-16(15)19-10-9-14(18-19)11-17-13(3)4/h5-10,12-13,17H,11H2,1-4H3. The van der Waals surface area contributed by atoms with Gasteiger partial charge in [-0.2, -0.15) is 5.10 Å². The van der Waals surface area contributed by atoms with Crippen LogP contribution in [0.1, 0.15) is 44.9 Å². The van der Waals surface area contributed by atoms with Gasteiger partial charge in [-0.3, -0.25) is 0 Å². The molecule has 0 radical (unpaired) electrons. The summed E-state index contributed by atoms with van der Waals surface area (Å²) < 4.78 is 1.98. The van der Waals surface area contributed by atoms with Crippen molar-refractivity contribution in [2.75, 3.05) is 0 Å². The van der Waals surface area contributed by atoms with E-state index in [0.29, 0.717) is 12.0 Å². The molecule has 19 heavy (non-hydrogen) atoms. The minimum absolute atomic E-state index is 0.480. The Morgan fingerprint density at radius 1 is 1.11 bits per heavy atom. The fraction of sp³-hybridized carbons (Fsp3) is 0.438. The van der Waals surface area contributed by atoms with Gasteiger partial charge in [0.15, 0.2) is 0 Å². The number of rotatable bonds is 5. The molecule has 0 fully saturated rings. The molecule has 0 aliphatic carbocycles. The Balaban J connectivity index is 2.23. The Kier molecular flexibility index (Phi) is 4.38. The monoisotopic (exact) mass is 257 g/mol. The molecular formula is C16H23N3. The highest BCUT2D eigenvalue weighted by atomic mass is 15.3. The lowest BCUT2D eigenvalue weighted by molar-refractivity contribution is 0.578. The van der Waals surface area contributed by atoms with E-state index in [1.807, 2.05) is 10.9 Å². The molecule has 0 spiro atoms. The van der Waals surface area contributed by atoms with Crippen LogP contribution >= 0.6 is 0 Å². The number of hydrogen-bond donors (Lipinski definition) is 1. The van der Waals surface area contributed by atoms with Crippen molar-refractivity contribution in [3.8, 4) is 5.69 Å². The molecule has 1 aromatic carbocycles. The van der Waals surface area contributed by atoms with Gasteiger partial charge in [-0.15, -0.1) is 0 Å². The molecule has 0 unspecified atom stereocenters. The van der Waals surface area contributed by atoms with Gasteiger partial charge in [-0.25, -0.2) is 4.68 Å². The maximum Gasteiger partial charge on any atom is 0.0766 e. The van der Waals surface area contributed by atoms with Gasteiger partial charge in [0, 0.05) is 18.8 Å². The summed E-state index contributed by atoms with van der Waals surface area (Å²) >= 11 is 0. The summed E-state index contributed by atoms with van der Waals surface area (Å²) in [5.41, 5.74) is 3.58. The van der Waals surface area contributed by atoms with E-state index in [0.717, 1.165) is 12.2 Å². The summed E-state index contributed by atoms with van der Waals surface area (Å²) in [6.45, 7) is 9.53. The van der Waals surface area contributed by atoms with Crippen LogP contribution in [0.25, 0.3) is 5.69 Å². The minimum Gasteiger partial charge on any atom is -0.309 e. The maximum atomic E-state index is 4.65. The summed E-state index contributed by atoms with van der Waals surface area (Å²) in [5.74, 6) is 0.498. The van der Waals surface area contributed by atoms with Crippen molar-refractivity contribution < 1.29 is 0 Å². The molecule has 1 N–H and O–H groups in total. The predicted octanol–water partition coefficient (Wildman–Crippen LogP) is 3.49. The van der Waals surface area contributed by atoms with Crippen LogP contribution in [0.3, 0.4) is 0 Å². The first kappa shape index (κ1) is 13.8. The third-order valence-corrected chi connectivity index (χ3v) is 3.14. The van der Waals surface area contributed by atoms with E-state index in [9.17, 15) is 0 Å². The molecule has 2 aromatic rings. The lowest BCUT2D eigenvalue weighted by Gasteiger charge is -2.12. The molecular weight excluding hydrogens is 234 g/mol. The summed E-state index contributed by atoms with van der Waals surface area (Å²) in [6, 6.07) is 11.0. The Labute approximate surface area is 115 Å². The zero-order chi connectivity index (χ0) is 13.8. The number of nitrogens with one attached hydrogen (secondary N) is 1. The van der Waals surface area contributed by atoms with Crippen LogP contribution in [0.5, 0.6) is 0 Å². The van der Waals surface area contributed by atoms with Gasteiger partial charge in [-0.05, 0) is 23.6 Å². The van der Waals surface area contributed by atoms with Crippen LogP contribution in [0.15, 0.2) is 36.5 Å². The van der Waals surface area contributed by atoms with Crippen LogP contribution < -0.4 is 5.32 Å². The molecule has 1 aromatic heterocycles. The Hall–Kier alpha value is -1.61. The van der Waals surface area contributed by atoms with Crippen LogP contribution in [0.2, 0.25) is 0 Å². The van der Waals surface area contributed by atoms with Gasteiger partial charge in [0.25, 0.3) is 0 Å². The summed E-state index contributed by atoms with van der Waals surface area (Å²) in [4.78, 5) is 0. The molecule has 2 rings (SSSR count). The van der Waals surface area contributed by atoms with Crippen molar-refractivity contribution in [2.24, 2.45) is 0 Å². The zero-order valence-corrected chi connectivity index (χ0v) is 12.2. The molecule has 1 heterocycles. The lowest BCUT2D eigenvalue weighted by atomic mass is 10.0. The number of nitrogens with zero attached hydrogens (tertiary/aromatic N) is 2. The Morgan fingerprint density at radius 3 is 2.53 bits per heavy atom. The van der Waals surface area contributed by atoms with E-state index in [4.69, 9.17) is 0 Å².